The molecule has 1 spiro atoms. The number of amides is 2. The molecule has 1 N–H and O–H groups in total. The quantitative estimate of drug-likeness (QED) is 0.755. The van der Waals surface area contributed by atoms with Crippen molar-refractivity contribution in [1.29, 1.82) is 0 Å². The maximum atomic E-state index is 13.3. The summed E-state index contributed by atoms with van der Waals surface area (Å²) in [5, 5.41) is 14.4. The minimum atomic E-state index is -1.10. The van der Waals surface area contributed by atoms with Crippen LogP contribution in [0.3, 0.4) is 0 Å². The van der Waals surface area contributed by atoms with E-state index in [0.717, 1.165) is 12.0 Å². The van der Waals surface area contributed by atoms with Gasteiger partial charge in [-0.2, -0.15) is 5.10 Å². The van der Waals surface area contributed by atoms with E-state index in [4.69, 9.17) is 0 Å². The monoisotopic (exact) mass is 450 g/mol. The fourth-order valence-corrected chi connectivity index (χ4v) is 5.50. The summed E-state index contributed by atoms with van der Waals surface area (Å²) in [5.74, 6) is -0.992. The first-order valence-corrected chi connectivity index (χ1v) is 11.4. The van der Waals surface area contributed by atoms with E-state index in [1.54, 1.807) is 33.8 Å². The molecule has 33 heavy (non-hydrogen) atoms. The van der Waals surface area contributed by atoms with Crippen LogP contribution in [0.15, 0.2) is 42.7 Å². The molecule has 2 aromatic rings. The number of aliphatic carboxylic acids is 1. The third-order valence-electron chi connectivity index (χ3n) is 8.11. The van der Waals surface area contributed by atoms with Crippen molar-refractivity contribution in [2.24, 2.45) is 22.2 Å². The average Bonchev–Trinajstić information content (AvgIpc) is 3.07. The van der Waals surface area contributed by atoms with Crippen LogP contribution < -0.4 is 0 Å². The summed E-state index contributed by atoms with van der Waals surface area (Å²) in [7, 11) is 0. The molecule has 0 bridgehead atoms. The molecule has 1 aromatic heterocycles. The summed E-state index contributed by atoms with van der Waals surface area (Å²) in [6, 6.07) is 9.86. The van der Waals surface area contributed by atoms with Gasteiger partial charge in [-0.1, -0.05) is 44.2 Å². The molecule has 2 amide bonds. The first-order chi connectivity index (χ1) is 15.5. The van der Waals surface area contributed by atoms with E-state index in [1.807, 2.05) is 30.3 Å². The third kappa shape index (κ3) is 3.43. The fraction of sp³-hybridized carbons (Fsp3) is 0.520. The molecule has 2 atom stereocenters. The Hall–Kier alpha value is -3.16. The number of carboxylic acid groups (broad SMARTS) is 1. The Bertz CT molecular complexity index is 1120. The number of carbonyl (C=O) groups is 3. The summed E-state index contributed by atoms with van der Waals surface area (Å²) in [4.78, 5) is 41.8. The maximum Gasteiger partial charge on any atom is 0.311 e. The average molecular weight is 451 g/mol. The highest BCUT2D eigenvalue weighted by molar-refractivity contribution is 5.95. The van der Waals surface area contributed by atoms with E-state index >= 15 is 0 Å². The van der Waals surface area contributed by atoms with Gasteiger partial charge in [-0.3, -0.25) is 19.1 Å². The lowest BCUT2D eigenvalue weighted by Crippen LogP contribution is -2.67. The molecular formula is C25H30N4O4. The van der Waals surface area contributed by atoms with E-state index in [2.05, 4.69) is 18.9 Å². The number of hydrogen-bond acceptors (Lipinski definition) is 4. The number of rotatable bonds is 5. The van der Waals surface area contributed by atoms with Gasteiger partial charge < -0.3 is 14.9 Å². The van der Waals surface area contributed by atoms with Crippen molar-refractivity contribution in [3.05, 3.63) is 53.9 Å². The standard InChI is InChI=1S/C25H30N4O4/c1-23(2)9-19(23)21(31)28-15-25(16-28)14-27(13-24(25,3)22(32)33)20(30)18-10-26-29(12-18)11-17-7-5-4-6-8-17/h4-8,10,12,19H,9,11,13-16H2,1-3H3,(H,32,33)/t19-,24?/m1/s1. The Balaban J connectivity index is 1.30. The molecule has 174 valence electrons. The summed E-state index contributed by atoms with van der Waals surface area (Å²) < 4.78 is 1.71. The Labute approximate surface area is 193 Å². The van der Waals surface area contributed by atoms with E-state index in [1.165, 1.54) is 0 Å². The molecule has 8 nitrogen and oxygen atoms in total. The van der Waals surface area contributed by atoms with E-state index < -0.39 is 16.8 Å². The van der Waals surface area contributed by atoms with Crippen LogP contribution in [0.5, 0.6) is 0 Å². The predicted octanol–water partition coefficient (Wildman–Crippen LogP) is 2.35. The second-order valence-corrected chi connectivity index (χ2v) is 10.9. The Morgan fingerprint density at radius 1 is 1.03 bits per heavy atom. The van der Waals surface area contributed by atoms with Crippen molar-refractivity contribution < 1.29 is 19.5 Å². The molecule has 3 fully saturated rings. The lowest BCUT2D eigenvalue weighted by Gasteiger charge is -2.53. The Morgan fingerprint density at radius 2 is 1.67 bits per heavy atom. The lowest BCUT2D eigenvalue weighted by atomic mass is 9.62. The Morgan fingerprint density at radius 3 is 2.27 bits per heavy atom. The molecule has 5 rings (SSSR count). The van der Waals surface area contributed by atoms with E-state index in [9.17, 15) is 19.5 Å². The van der Waals surface area contributed by atoms with Gasteiger partial charge in [-0.25, -0.2) is 0 Å². The first-order valence-electron chi connectivity index (χ1n) is 11.4. The minimum absolute atomic E-state index is 0.0283. The van der Waals surface area contributed by atoms with Crippen LogP contribution in [0.25, 0.3) is 0 Å². The molecule has 2 aliphatic heterocycles. The van der Waals surface area contributed by atoms with Crippen LogP contribution >= 0.6 is 0 Å². The maximum absolute atomic E-state index is 13.3. The van der Waals surface area contributed by atoms with Gasteiger partial charge in [0.1, 0.15) is 0 Å². The van der Waals surface area contributed by atoms with Crippen LogP contribution in [0.2, 0.25) is 0 Å². The molecule has 1 aliphatic carbocycles. The zero-order chi connectivity index (χ0) is 23.6. The Kier molecular flexibility index (Phi) is 4.71. The van der Waals surface area contributed by atoms with Crippen LogP contribution in [-0.2, 0) is 16.1 Å². The fourth-order valence-electron chi connectivity index (χ4n) is 5.50. The van der Waals surface area contributed by atoms with Crippen molar-refractivity contribution in [2.45, 2.75) is 33.7 Å². The number of benzene rings is 1. The first kappa shape index (κ1) is 21.7. The van der Waals surface area contributed by atoms with Crippen molar-refractivity contribution in [1.82, 2.24) is 19.6 Å². The van der Waals surface area contributed by atoms with Crippen LogP contribution in [0.4, 0.5) is 0 Å². The van der Waals surface area contributed by atoms with Crippen molar-refractivity contribution in [2.75, 3.05) is 26.2 Å². The SMILES string of the molecule is CC1(C)C[C@@H]1C(=O)N1CC2(CN(C(=O)c3cnn(Cc4ccccc4)c3)CC2(C)C(=O)O)C1. The second kappa shape index (κ2) is 7.17. The van der Waals surface area contributed by atoms with Gasteiger partial charge in [0.05, 0.1) is 23.7 Å². The van der Waals surface area contributed by atoms with Gasteiger partial charge in [0, 0.05) is 43.7 Å². The molecule has 1 unspecified atom stereocenters. The predicted molar refractivity (Wildman–Crippen MR) is 120 cm³/mol. The van der Waals surface area contributed by atoms with Gasteiger partial charge in [0.2, 0.25) is 5.91 Å². The lowest BCUT2D eigenvalue weighted by molar-refractivity contribution is -0.169. The summed E-state index contributed by atoms with van der Waals surface area (Å²) in [6.45, 7) is 7.67. The molecule has 1 saturated carbocycles. The highest BCUT2D eigenvalue weighted by Gasteiger charge is 2.67. The highest BCUT2D eigenvalue weighted by atomic mass is 16.4. The molecule has 2 saturated heterocycles. The van der Waals surface area contributed by atoms with E-state index in [0.29, 0.717) is 31.7 Å². The van der Waals surface area contributed by atoms with Crippen LogP contribution in [0.1, 0.15) is 43.1 Å². The largest absolute Gasteiger partial charge is 0.481 e. The normalized spacial score (nSPS) is 26.8. The van der Waals surface area contributed by atoms with Crippen molar-refractivity contribution in [3.8, 4) is 0 Å². The molecule has 8 heteroatoms. The van der Waals surface area contributed by atoms with Crippen molar-refractivity contribution in [3.63, 3.8) is 0 Å². The molecular weight excluding hydrogens is 420 g/mol. The number of nitrogens with zero attached hydrogens (tertiary/aromatic N) is 4. The molecule has 1 aromatic carbocycles. The zero-order valence-corrected chi connectivity index (χ0v) is 19.3. The van der Waals surface area contributed by atoms with Gasteiger partial charge in [-0.05, 0) is 24.3 Å². The van der Waals surface area contributed by atoms with Gasteiger partial charge in [0.25, 0.3) is 5.91 Å². The van der Waals surface area contributed by atoms with E-state index in [-0.39, 0.29) is 29.7 Å². The molecule has 0 radical (unpaired) electrons. The molecule has 3 heterocycles. The number of carbonyl (C=O) groups excluding carboxylic acids is 2. The number of aromatic nitrogens is 2. The topological polar surface area (TPSA) is 95.7 Å². The zero-order valence-electron chi connectivity index (χ0n) is 19.3. The molecule has 3 aliphatic rings. The van der Waals surface area contributed by atoms with Crippen LogP contribution in [-0.4, -0.2) is 68.6 Å². The summed E-state index contributed by atoms with van der Waals surface area (Å²) in [5.41, 5.74) is -0.158. The third-order valence-corrected chi connectivity index (χ3v) is 8.11. The van der Waals surface area contributed by atoms with Gasteiger partial charge >= 0.3 is 5.97 Å². The van der Waals surface area contributed by atoms with Crippen molar-refractivity contribution >= 4 is 17.8 Å². The van der Waals surface area contributed by atoms with Gasteiger partial charge in [-0.15, -0.1) is 0 Å². The van der Waals surface area contributed by atoms with Gasteiger partial charge in [0.15, 0.2) is 0 Å². The smallest absolute Gasteiger partial charge is 0.311 e. The number of hydrogen-bond donors (Lipinski definition) is 1. The minimum Gasteiger partial charge on any atom is -0.481 e. The second-order valence-electron chi connectivity index (χ2n) is 10.9. The number of likely N-dealkylation sites (tertiary alicyclic amines) is 2. The highest BCUT2D eigenvalue weighted by Crippen LogP contribution is 2.57. The van der Waals surface area contributed by atoms with Crippen LogP contribution in [0, 0.1) is 22.2 Å². The summed E-state index contributed by atoms with van der Waals surface area (Å²) >= 11 is 0. The summed E-state index contributed by atoms with van der Waals surface area (Å²) in [6.07, 6.45) is 4.13. The number of carboxylic acids is 1.